The van der Waals surface area contributed by atoms with E-state index in [0.29, 0.717) is 19.3 Å². The van der Waals surface area contributed by atoms with Crippen molar-refractivity contribution in [1.82, 2.24) is 0 Å². The number of hydrogen-bond donors (Lipinski definition) is 0. The van der Waals surface area contributed by atoms with Gasteiger partial charge in [0.2, 0.25) is 0 Å². The van der Waals surface area contributed by atoms with Crippen LogP contribution in [0, 0.1) is 0 Å². The van der Waals surface area contributed by atoms with Crippen LogP contribution in [0.5, 0.6) is 0 Å². The third-order valence-corrected chi connectivity index (χ3v) is 10.3. The largest absolute Gasteiger partial charge is 0.462 e. The predicted octanol–water partition coefficient (Wildman–Crippen LogP) is 17.6. The van der Waals surface area contributed by atoms with E-state index in [9.17, 15) is 14.4 Å². The highest BCUT2D eigenvalue weighted by Crippen LogP contribution is 2.11. The van der Waals surface area contributed by atoms with E-state index >= 15 is 0 Å². The van der Waals surface area contributed by atoms with Crippen LogP contribution in [0.3, 0.4) is 0 Å². The van der Waals surface area contributed by atoms with Crippen molar-refractivity contribution in [2.24, 2.45) is 0 Å². The second-order valence-corrected chi connectivity index (χ2v) is 16.7. The first-order valence-electron chi connectivity index (χ1n) is 26.3. The monoisotopic (exact) mass is 923 g/mol. The van der Waals surface area contributed by atoms with Gasteiger partial charge in [-0.15, -0.1) is 0 Å². The molecule has 0 N–H and O–H groups in total. The Bertz CT molecular complexity index is 1530. The minimum atomic E-state index is -0.835. The number of hydrogen-bond acceptors (Lipinski definition) is 6. The minimum absolute atomic E-state index is 0.131. The van der Waals surface area contributed by atoms with E-state index in [1.165, 1.54) is 25.7 Å². The van der Waals surface area contributed by atoms with Gasteiger partial charge in [0.15, 0.2) is 6.10 Å². The fraction of sp³-hybridized carbons (Fsp3) is 0.557. The molecule has 0 fully saturated rings. The van der Waals surface area contributed by atoms with Crippen molar-refractivity contribution in [3.05, 3.63) is 146 Å². The Morgan fingerprint density at radius 2 is 0.582 bits per heavy atom. The van der Waals surface area contributed by atoms with Crippen molar-refractivity contribution in [2.75, 3.05) is 13.2 Å². The quantitative estimate of drug-likeness (QED) is 0.0262. The lowest BCUT2D eigenvalue weighted by Crippen LogP contribution is -2.30. The molecule has 0 aromatic carbocycles. The molecule has 0 saturated heterocycles. The van der Waals surface area contributed by atoms with E-state index in [1.54, 1.807) is 0 Å². The molecule has 0 aromatic rings. The maximum Gasteiger partial charge on any atom is 0.306 e. The van der Waals surface area contributed by atoms with E-state index in [0.717, 1.165) is 116 Å². The molecule has 1 atom stereocenters. The summed E-state index contributed by atoms with van der Waals surface area (Å²) in [5.74, 6) is -1.05. The molecule has 374 valence electrons. The maximum atomic E-state index is 12.8. The predicted molar refractivity (Wildman–Crippen MR) is 288 cm³/mol. The molecule has 0 aliphatic heterocycles. The van der Waals surface area contributed by atoms with E-state index in [2.05, 4.69) is 167 Å². The van der Waals surface area contributed by atoms with Gasteiger partial charge in [0, 0.05) is 19.3 Å². The van der Waals surface area contributed by atoms with E-state index in [1.807, 2.05) is 0 Å². The summed E-state index contributed by atoms with van der Waals surface area (Å²) in [6.07, 6.45) is 76.9. The maximum absolute atomic E-state index is 12.8. The SMILES string of the molecule is CC/C=C\C/C=C\C/C=C\C/C=C\C/C=C\CCCCCC(=O)O[C@H](COC(=O)CCCC/C=C\C/C=C\C/C=C\C/C=C\CC)COC(=O)CCCC/C=C\C/C=C\C/C=C\CCCCC. The molecule has 0 amide bonds. The lowest BCUT2D eigenvalue weighted by atomic mass is 10.1. The number of unbranched alkanes of at least 4 members (excludes halogenated alkanes) is 10. The van der Waals surface area contributed by atoms with Crippen LogP contribution in [0.25, 0.3) is 0 Å². The van der Waals surface area contributed by atoms with Gasteiger partial charge in [0.05, 0.1) is 0 Å². The zero-order valence-corrected chi connectivity index (χ0v) is 42.6. The number of allylic oxidation sites excluding steroid dienone is 24. The summed E-state index contributed by atoms with van der Waals surface area (Å²) < 4.78 is 16.7. The summed E-state index contributed by atoms with van der Waals surface area (Å²) in [5.41, 5.74) is 0. The first-order valence-corrected chi connectivity index (χ1v) is 26.3. The highest BCUT2D eigenvalue weighted by Gasteiger charge is 2.19. The molecule has 0 radical (unpaired) electrons. The van der Waals surface area contributed by atoms with Gasteiger partial charge in [-0.25, -0.2) is 0 Å². The Labute approximate surface area is 410 Å². The fourth-order valence-corrected chi connectivity index (χ4v) is 6.40. The van der Waals surface area contributed by atoms with E-state index < -0.39 is 6.10 Å². The molecule has 0 aliphatic rings. The van der Waals surface area contributed by atoms with Crippen molar-refractivity contribution < 1.29 is 28.6 Å². The van der Waals surface area contributed by atoms with Crippen LogP contribution < -0.4 is 0 Å². The van der Waals surface area contributed by atoms with E-state index in [4.69, 9.17) is 14.2 Å². The van der Waals surface area contributed by atoms with Crippen molar-refractivity contribution in [3.63, 3.8) is 0 Å². The summed E-state index contributed by atoms with van der Waals surface area (Å²) >= 11 is 0. The third kappa shape index (κ3) is 52.1. The highest BCUT2D eigenvalue weighted by molar-refractivity contribution is 5.71. The second kappa shape index (κ2) is 53.9. The molecule has 67 heavy (non-hydrogen) atoms. The van der Waals surface area contributed by atoms with Crippen LogP contribution in [0.1, 0.15) is 201 Å². The number of ether oxygens (including phenoxy) is 3. The molecule has 6 heteroatoms. The lowest BCUT2D eigenvalue weighted by molar-refractivity contribution is -0.167. The number of carbonyl (C=O) groups excluding carboxylic acids is 3. The molecule has 0 aromatic heterocycles. The normalized spacial score (nSPS) is 13.3. The van der Waals surface area contributed by atoms with Gasteiger partial charge >= 0.3 is 17.9 Å². The third-order valence-electron chi connectivity index (χ3n) is 10.3. The van der Waals surface area contributed by atoms with Crippen LogP contribution >= 0.6 is 0 Å². The second-order valence-electron chi connectivity index (χ2n) is 16.7. The van der Waals surface area contributed by atoms with Gasteiger partial charge in [-0.05, 0) is 141 Å². The van der Waals surface area contributed by atoms with Crippen molar-refractivity contribution in [3.8, 4) is 0 Å². The molecule has 0 aliphatic carbocycles. The Hall–Kier alpha value is -4.71. The van der Waals surface area contributed by atoms with Gasteiger partial charge in [0.1, 0.15) is 13.2 Å². The molecule has 0 heterocycles. The van der Waals surface area contributed by atoms with Gasteiger partial charge in [0.25, 0.3) is 0 Å². The lowest BCUT2D eigenvalue weighted by Gasteiger charge is -2.18. The van der Waals surface area contributed by atoms with Crippen LogP contribution in [0.2, 0.25) is 0 Å². The average Bonchev–Trinajstić information content (AvgIpc) is 3.33. The summed E-state index contributed by atoms with van der Waals surface area (Å²) in [6.45, 7) is 6.26. The Morgan fingerprint density at radius 1 is 0.313 bits per heavy atom. The Balaban J connectivity index is 4.61. The van der Waals surface area contributed by atoms with Crippen LogP contribution in [0.15, 0.2) is 146 Å². The fourth-order valence-electron chi connectivity index (χ4n) is 6.40. The highest BCUT2D eigenvalue weighted by atomic mass is 16.6. The minimum Gasteiger partial charge on any atom is -0.462 e. The average molecular weight is 923 g/mol. The van der Waals surface area contributed by atoms with Gasteiger partial charge in [-0.1, -0.05) is 186 Å². The van der Waals surface area contributed by atoms with E-state index in [-0.39, 0.29) is 50.4 Å². The number of esters is 3. The van der Waals surface area contributed by atoms with Gasteiger partial charge in [-0.3, -0.25) is 14.4 Å². The van der Waals surface area contributed by atoms with Gasteiger partial charge < -0.3 is 14.2 Å². The first-order chi connectivity index (χ1) is 33.0. The number of carbonyl (C=O) groups is 3. The van der Waals surface area contributed by atoms with Crippen molar-refractivity contribution >= 4 is 17.9 Å². The standard InChI is InChI=1S/C61H94O6/c1-4-7-10-13-16-19-22-25-28-29-30-31-34-37-40-43-46-49-52-55-61(64)67-58(56-65-59(62)53-50-47-44-41-38-35-32-26-23-20-17-14-11-8-5-2)57-66-60(63)54-51-48-45-42-39-36-33-27-24-21-18-15-12-9-6-3/h7-8,10-11,16-21,25-28,30-33,37-42,58H,4-6,9,12-15,22-24,29,34-36,43-57H2,1-3H3/b10-7-,11-8-,19-16-,20-17-,21-18-,28-25-,31-30-,32-26-,33-27-,40-37-,41-38-,42-39-/t58-/m1/s1. The molecule has 0 saturated carbocycles. The summed E-state index contributed by atoms with van der Waals surface area (Å²) in [5, 5.41) is 0. The Kier molecular flexibility index (Phi) is 50.1. The topological polar surface area (TPSA) is 78.9 Å². The zero-order valence-electron chi connectivity index (χ0n) is 42.6. The summed E-state index contributed by atoms with van der Waals surface area (Å²) in [6, 6.07) is 0. The Morgan fingerprint density at radius 3 is 0.910 bits per heavy atom. The zero-order chi connectivity index (χ0) is 48.6. The van der Waals surface area contributed by atoms with Gasteiger partial charge in [-0.2, -0.15) is 0 Å². The number of rotatable bonds is 45. The van der Waals surface area contributed by atoms with Crippen LogP contribution in [-0.4, -0.2) is 37.2 Å². The molecule has 0 unspecified atom stereocenters. The van der Waals surface area contributed by atoms with Crippen molar-refractivity contribution in [1.29, 1.82) is 0 Å². The molecular formula is C61H94O6. The summed E-state index contributed by atoms with van der Waals surface area (Å²) in [4.78, 5) is 38.0. The summed E-state index contributed by atoms with van der Waals surface area (Å²) in [7, 11) is 0. The molecule has 0 rings (SSSR count). The molecular weight excluding hydrogens is 829 g/mol. The smallest absolute Gasteiger partial charge is 0.306 e. The first kappa shape index (κ1) is 62.3. The molecule has 0 spiro atoms. The van der Waals surface area contributed by atoms with Crippen molar-refractivity contribution in [2.45, 2.75) is 207 Å². The van der Waals surface area contributed by atoms with Crippen LogP contribution in [-0.2, 0) is 28.6 Å². The van der Waals surface area contributed by atoms with Crippen LogP contribution in [0.4, 0.5) is 0 Å². The molecule has 0 bridgehead atoms. The molecule has 6 nitrogen and oxygen atoms in total.